The third kappa shape index (κ3) is 3.07. The van der Waals surface area contributed by atoms with Crippen LogP contribution in [0.15, 0.2) is 59.1 Å². The third-order valence-electron chi connectivity index (χ3n) is 3.99. The van der Waals surface area contributed by atoms with E-state index >= 15 is 0 Å². The van der Waals surface area contributed by atoms with Crippen LogP contribution in [-0.4, -0.2) is 25.1 Å². The minimum absolute atomic E-state index is 0.0853. The molecular formula is C18H12F3N5O. The van der Waals surface area contributed by atoms with Crippen molar-refractivity contribution in [3.8, 4) is 28.7 Å². The normalized spacial score (nSPS) is 11.7. The first-order valence-corrected chi connectivity index (χ1v) is 7.93. The summed E-state index contributed by atoms with van der Waals surface area (Å²) >= 11 is 0. The van der Waals surface area contributed by atoms with Crippen LogP contribution in [0.5, 0.6) is 0 Å². The summed E-state index contributed by atoms with van der Waals surface area (Å²) in [5.74, 6) is 0.442. The molecule has 2 aromatic heterocycles. The van der Waals surface area contributed by atoms with Crippen molar-refractivity contribution in [1.82, 2.24) is 25.1 Å². The van der Waals surface area contributed by atoms with Gasteiger partial charge in [-0.05, 0) is 19.1 Å². The van der Waals surface area contributed by atoms with E-state index in [0.29, 0.717) is 11.5 Å². The zero-order chi connectivity index (χ0) is 19.0. The largest absolute Gasteiger partial charge is 0.418 e. The first-order valence-electron chi connectivity index (χ1n) is 7.93. The van der Waals surface area contributed by atoms with Gasteiger partial charge in [-0.1, -0.05) is 52.8 Å². The summed E-state index contributed by atoms with van der Waals surface area (Å²) in [5, 5.41) is 11.7. The molecule has 0 amide bonds. The molecule has 0 aliphatic carbocycles. The Balaban J connectivity index is 1.76. The summed E-state index contributed by atoms with van der Waals surface area (Å²) in [6.45, 7) is 1.59. The molecule has 0 spiro atoms. The fourth-order valence-corrected chi connectivity index (χ4v) is 2.68. The van der Waals surface area contributed by atoms with Crippen molar-refractivity contribution >= 4 is 0 Å². The Hall–Kier alpha value is -3.49. The smallest absolute Gasteiger partial charge is 0.332 e. The second-order valence-corrected chi connectivity index (χ2v) is 5.74. The van der Waals surface area contributed by atoms with Crippen molar-refractivity contribution in [3.05, 3.63) is 65.9 Å². The standard InChI is InChI=1S/C18H12F3N5O/c1-11-15(17-22-16(24-27-17)12-7-3-2-4-8-12)23-25-26(11)14-10-6-5-9-13(14)18(19,20)21/h2-10H,1H3. The molecule has 4 aromatic rings. The summed E-state index contributed by atoms with van der Waals surface area (Å²) in [4.78, 5) is 4.27. The van der Waals surface area contributed by atoms with Gasteiger partial charge < -0.3 is 4.52 Å². The van der Waals surface area contributed by atoms with Gasteiger partial charge in [-0.25, -0.2) is 4.68 Å². The number of benzene rings is 2. The molecule has 0 radical (unpaired) electrons. The summed E-state index contributed by atoms with van der Waals surface area (Å²) in [7, 11) is 0. The highest BCUT2D eigenvalue weighted by atomic mass is 19.4. The van der Waals surface area contributed by atoms with Crippen LogP contribution in [-0.2, 0) is 6.18 Å². The molecule has 2 aromatic carbocycles. The molecule has 136 valence electrons. The quantitative estimate of drug-likeness (QED) is 0.537. The number of nitrogens with zero attached hydrogens (tertiary/aromatic N) is 5. The van der Waals surface area contributed by atoms with E-state index < -0.39 is 11.7 Å². The van der Waals surface area contributed by atoms with Gasteiger partial charge >= 0.3 is 6.18 Å². The fourth-order valence-electron chi connectivity index (χ4n) is 2.68. The maximum absolute atomic E-state index is 13.3. The SMILES string of the molecule is Cc1c(-c2nc(-c3ccccc3)no2)nnn1-c1ccccc1C(F)(F)F. The topological polar surface area (TPSA) is 69.6 Å². The highest BCUT2D eigenvalue weighted by molar-refractivity contribution is 5.59. The van der Waals surface area contributed by atoms with E-state index in [1.165, 1.54) is 18.2 Å². The Kier molecular flexibility index (Phi) is 3.98. The minimum Gasteiger partial charge on any atom is -0.332 e. The number of alkyl halides is 3. The first-order chi connectivity index (χ1) is 12.9. The molecular weight excluding hydrogens is 359 g/mol. The van der Waals surface area contributed by atoms with Gasteiger partial charge in [-0.3, -0.25) is 0 Å². The Labute approximate surface area is 151 Å². The summed E-state index contributed by atoms with van der Waals surface area (Å²) in [6, 6.07) is 14.3. The molecule has 0 fully saturated rings. The summed E-state index contributed by atoms with van der Waals surface area (Å²) in [6.07, 6.45) is -4.51. The van der Waals surface area contributed by atoms with Gasteiger partial charge in [0.2, 0.25) is 5.82 Å². The van der Waals surface area contributed by atoms with Crippen molar-refractivity contribution < 1.29 is 17.7 Å². The van der Waals surface area contributed by atoms with Gasteiger partial charge in [0.15, 0.2) is 5.69 Å². The van der Waals surface area contributed by atoms with E-state index in [9.17, 15) is 13.2 Å². The van der Waals surface area contributed by atoms with E-state index in [1.54, 1.807) is 6.92 Å². The average molecular weight is 371 g/mol. The third-order valence-corrected chi connectivity index (χ3v) is 3.99. The Morgan fingerprint density at radius 3 is 2.41 bits per heavy atom. The second kappa shape index (κ2) is 6.35. The molecule has 9 heteroatoms. The van der Waals surface area contributed by atoms with Crippen LogP contribution in [0.2, 0.25) is 0 Å². The molecule has 0 saturated heterocycles. The van der Waals surface area contributed by atoms with Crippen molar-refractivity contribution in [2.24, 2.45) is 0 Å². The van der Waals surface area contributed by atoms with Gasteiger partial charge in [0.25, 0.3) is 5.89 Å². The van der Waals surface area contributed by atoms with E-state index in [-0.39, 0.29) is 17.3 Å². The number of halogens is 3. The van der Waals surface area contributed by atoms with Gasteiger partial charge in [-0.2, -0.15) is 18.2 Å². The van der Waals surface area contributed by atoms with Gasteiger partial charge in [-0.15, -0.1) is 5.10 Å². The lowest BCUT2D eigenvalue weighted by atomic mass is 10.1. The van der Waals surface area contributed by atoms with Crippen LogP contribution >= 0.6 is 0 Å². The van der Waals surface area contributed by atoms with Crippen LogP contribution in [0.25, 0.3) is 28.7 Å². The molecule has 27 heavy (non-hydrogen) atoms. The van der Waals surface area contributed by atoms with E-state index in [2.05, 4.69) is 20.5 Å². The van der Waals surface area contributed by atoms with Crippen LogP contribution in [0.4, 0.5) is 13.2 Å². The second-order valence-electron chi connectivity index (χ2n) is 5.74. The van der Waals surface area contributed by atoms with Crippen LogP contribution in [0, 0.1) is 6.92 Å². The Morgan fingerprint density at radius 2 is 1.67 bits per heavy atom. The number of aromatic nitrogens is 5. The first kappa shape index (κ1) is 17.0. The van der Waals surface area contributed by atoms with Crippen LogP contribution < -0.4 is 0 Å². The molecule has 4 rings (SSSR count). The summed E-state index contributed by atoms with van der Waals surface area (Å²) in [5.41, 5.74) is 0.403. The van der Waals surface area contributed by atoms with Crippen molar-refractivity contribution in [2.45, 2.75) is 13.1 Å². The van der Waals surface area contributed by atoms with Crippen molar-refractivity contribution in [2.75, 3.05) is 0 Å². The number of hydrogen-bond donors (Lipinski definition) is 0. The molecule has 0 saturated carbocycles. The minimum atomic E-state index is -4.51. The number of rotatable bonds is 3. The van der Waals surface area contributed by atoms with E-state index in [1.807, 2.05) is 30.3 Å². The average Bonchev–Trinajstić information content (AvgIpc) is 3.28. The van der Waals surface area contributed by atoms with Gasteiger partial charge in [0.1, 0.15) is 0 Å². The van der Waals surface area contributed by atoms with Gasteiger partial charge in [0, 0.05) is 5.56 Å². The molecule has 0 unspecified atom stereocenters. The molecule has 0 atom stereocenters. The Bertz CT molecular complexity index is 1090. The van der Waals surface area contributed by atoms with Gasteiger partial charge in [0.05, 0.1) is 16.9 Å². The molecule has 0 bridgehead atoms. The maximum atomic E-state index is 13.3. The lowest BCUT2D eigenvalue weighted by Crippen LogP contribution is -2.12. The van der Waals surface area contributed by atoms with E-state index in [4.69, 9.17) is 4.52 Å². The lowest BCUT2D eigenvalue weighted by molar-refractivity contribution is -0.137. The molecule has 2 heterocycles. The highest BCUT2D eigenvalue weighted by Gasteiger charge is 2.34. The highest BCUT2D eigenvalue weighted by Crippen LogP contribution is 2.34. The summed E-state index contributed by atoms with van der Waals surface area (Å²) < 4.78 is 46.2. The van der Waals surface area contributed by atoms with Crippen LogP contribution in [0.3, 0.4) is 0 Å². The molecule has 0 aliphatic rings. The zero-order valence-corrected chi connectivity index (χ0v) is 14.0. The van der Waals surface area contributed by atoms with E-state index in [0.717, 1.165) is 16.3 Å². The monoisotopic (exact) mass is 371 g/mol. The Morgan fingerprint density at radius 1 is 0.963 bits per heavy atom. The molecule has 0 N–H and O–H groups in total. The fraction of sp³-hybridized carbons (Fsp3) is 0.111. The van der Waals surface area contributed by atoms with Crippen LogP contribution in [0.1, 0.15) is 11.3 Å². The maximum Gasteiger partial charge on any atom is 0.418 e. The predicted octanol–water partition coefficient (Wildman–Crippen LogP) is 4.31. The molecule has 0 aliphatic heterocycles. The number of para-hydroxylation sites is 1. The number of hydrogen-bond acceptors (Lipinski definition) is 5. The van der Waals surface area contributed by atoms with Crippen molar-refractivity contribution in [1.29, 1.82) is 0 Å². The van der Waals surface area contributed by atoms with Crippen molar-refractivity contribution in [3.63, 3.8) is 0 Å². The lowest BCUT2D eigenvalue weighted by Gasteiger charge is -2.12. The zero-order valence-electron chi connectivity index (χ0n) is 14.0. The molecule has 6 nitrogen and oxygen atoms in total. The predicted molar refractivity (Wildman–Crippen MR) is 89.8 cm³/mol.